The van der Waals surface area contributed by atoms with Crippen LogP contribution in [0.3, 0.4) is 0 Å². The molecule has 0 aliphatic heterocycles. The number of benzene rings is 2. The largest absolute Gasteiger partial charge is 0.300 e. The molecule has 0 aliphatic carbocycles. The van der Waals surface area contributed by atoms with Gasteiger partial charge in [-0.1, -0.05) is 112 Å². The van der Waals surface area contributed by atoms with Gasteiger partial charge in [0.1, 0.15) is 5.78 Å². The minimum atomic E-state index is 0. The Kier molecular flexibility index (Phi) is 26.6. The standard InChI is InChI=1S/C15H22O.C10H14.C5H10O.C2H6.2B/c1-10(2)8-13-6-7-14(9-12(13)5)15(16)11(3)4;1-9(2)8-10-6-4-3-5-7-10;1-4(2)5(3)6;1-2;;/h6-7,9-11H,8H2,1-5H3;3-7,9H,8H2,1-2H3;4H,1-3H3;1-2H3;;. The van der Waals surface area contributed by atoms with E-state index in [1.807, 2.05) is 53.7 Å². The Balaban J connectivity index is -0.000000221. The van der Waals surface area contributed by atoms with E-state index in [1.165, 1.54) is 23.1 Å². The van der Waals surface area contributed by atoms with Gasteiger partial charge in [0, 0.05) is 34.2 Å². The van der Waals surface area contributed by atoms with E-state index in [1.54, 1.807) is 6.92 Å². The topological polar surface area (TPSA) is 34.1 Å². The normalized spacial score (nSPS) is 9.56. The van der Waals surface area contributed by atoms with Crippen LogP contribution in [0, 0.1) is 30.6 Å². The predicted molar refractivity (Wildman–Crippen MR) is 162 cm³/mol. The average Bonchev–Trinajstić information content (AvgIpc) is 2.76. The second-order valence-electron chi connectivity index (χ2n) is 10.1. The maximum absolute atomic E-state index is 11.8. The molecule has 36 heavy (non-hydrogen) atoms. The molecule has 0 spiro atoms. The summed E-state index contributed by atoms with van der Waals surface area (Å²) in [5.74, 6) is 2.21. The number of hydrogen-bond acceptors (Lipinski definition) is 2. The van der Waals surface area contributed by atoms with Gasteiger partial charge >= 0.3 is 0 Å². The monoisotopic (exact) mass is 490 g/mol. The maximum atomic E-state index is 11.8. The SMILES string of the molecule is CC.CC(=O)C(C)C.CC(C)Cc1ccccc1.Cc1cc(C(=O)C(C)C)ccc1CC(C)C.[B].[B]. The number of hydrogen-bond donors (Lipinski definition) is 0. The molecule has 0 heterocycles. The molecule has 0 N–H and O–H groups in total. The van der Waals surface area contributed by atoms with Gasteiger partial charge in [-0.15, -0.1) is 0 Å². The third-order valence-corrected chi connectivity index (χ3v) is 5.08. The van der Waals surface area contributed by atoms with Crippen molar-refractivity contribution < 1.29 is 9.59 Å². The van der Waals surface area contributed by atoms with E-state index in [0.29, 0.717) is 5.92 Å². The number of Topliss-reactive ketones (excluding diaryl/α,β-unsaturated/α-hetero) is 2. The van der Waals surface area contributed by atoms with E-state index in [-0.39, 0.29) is 40.2 Å². The lowest BCUT2D eigenvalue weighted by Crippen LogP contribution is -2.08. The summed E-state index contributed by atoms with van der Waals surface area (Å²) in [5.41, 5.74) is 4.88. The zero-order valence-corrected chi connectivity index (χ0v) is 25.3. The van der Waals surface area contributed by atoms with E-state index in [9.17, 15) is 9.59 Å². The smallest absolute Gasteiger partial charge is 0.165 e. The Morgan fingerprint density at radius 3 is 1.47 bits per heavy atom. The van der Waals surface area contributed by atoms with Gasteiger partial charge in [0.05, 0.1) is 0 Å². The second kappa shape index (κ2) is 23.3. The Hall–Kier alpha value is -2.09. The average molecular weight is 490 g/mol. The van der Waals surface area contributed by atoms with Gasteiger partial charge in [-0.05, 0) is 61.3 Å². The summed E-state index contributed by atoms with van der Waals surface area (Å²) < 4.78 is 0. The molecule has 6 radical (unpaired) electrons. The third kappa shape index (κ3) is 20.1. The molecule has 0 saturated heterocycles. The molecule has 2 aromatic carbocycles. The number of carbonyl (C=O) groups excluding carboxylic acids is 2. The molecule has 0 aliphatic rings. The first kappa shape index (κ1) is 41.1. The van der Waals surface area contributed by atoms with Crippen molar-refractivity contribution in [2.75, 3.05) is 0 Å². The molecule has 2 nitrogen and oxygen atoms in total. The van der Waals surface area contributed by atoms with Crippen LogP contribution < -0.4 is 0 Å². The molecule has 198 valence electrons. The molecule has 2 aromatic rings. The molecular weight excluding hydrogens is 438 g/mol. The Morgan fingerprint density at radius 1 is 0.694 bits per heavy atom. The third-order valence-electron chi connectivity index (χ3n) is 5.08. The van der Waals surface area contributed by atoms with Crippen LogP contribution in [0.2, 0.25) is 0 Å². The quantitative estimate of drug-likeness (QED) is 0.288. The van der Waals surface area contributed by atoms with Gasteiger partial charge in [-0.25, -0.2) is 0 Å². The lowest BCUT2D eigenvalue weighted by molar-refractivity contribution is -0.119. The fourth-order valence-corrected chi connectivity index (χ4v) is 2.94. The zero-order chi connectivity index (χ0) is 26.8. The fourth-order valence-electron chi connectivity index (χ4n) is 2.94. The number of carbonyl (C=O) groups is 2. The summed E-state index contributed by atoms with van der Waals surface area (Å²) in [5, 5.41) is 0. The van der Waals surface area contributed by atoms with Gasteiger partial charge in [0.25, 0.3) is 0 Å². The molecule has 0 atom stereocenters. The van der Waals surface area contributed by atoms with Gasteiger partial charge in [0.2, 0.25) is 0 Å². The lowest BCUT2D eigenvalue weighted by atomic mass is 9.94. The highest BCUT2D eigenvalue weighted by atomic mass is 16.1. The van der Waals surface area contributed by atoms with Crippen molar-refractivity contribution >= 4 is 28.4 Å². The van der Waals surface area contributed by atoms with Gasteiger partial charge in [-0.3, -0.25) is 9.59 Å². The summed E-state index contributed by atoms with van der Waals surface area (Å²) in [4.78, 5) is 22.0. The molecule has 2 rings (SSSR count). The van der Waals surface area contributed by atoms with Crippen LogP contribution in [0.5, 0.6) is 0 Å². The molecule has 0 bridgehead atoms. The first-order chi connectivity index (χ1) is 15.8. The first-order valence-electron chi connectivity index (χ1n) is 13.0. The Bertz CT molecular complexity index is 810. The van der Waals surface area contributed by atoms with Crippen LogP contribution in [0.25, 0.3) is 0 Å². The van der Waals surface area contributed by atoms with Crippen LogP contribution in [0.1, 0.15) is 103 Å². The van der Waals surface area contributed by atoms with Crippen molar-refractivity contribution in [3.05, 3.63) is 70.8 Å². The Morgan fingerprint density at radius 2 is 1.14 bits per heavy atom. The molecular formula is C32H52B2O2. The van der Waals surface area contributed by atoms with Gasteiger partial charge < -0.3 is 0 Å². The van der Waals surface area contributed by atoms with E-state index in [0.717, 1.165) is 17.9 Å². The molecule has 0 aromatic heterocycles. The number of aryl methyl sites for hydroxylation is 1. The predicted octanol–water partition coefficient (Wildman–Crippen LogP) is 8.41. The second-order valence-corrected chi connectivity index (χ2v) is 10.1. The van der Waals surface area contributed by atoms with Crippen molar-refractivity contribution in [3.63, 3.8) is 0 Å². The summed E-state index contributed by atoms with van der Waals surface area (Å²) >= 11 is 0. The first-order valence-corrected chi connectivity index (χ1v) is 13.0. The summed E-state index contributed by atoms with van der Waals surface area (Å²) in [6, 6.07) is 16.7. The minimum Gasteiger partial charge on any atom is -0.300 e. The fraction of sp³-hybridized carbons (Fsp3) is 0.562. The molecule has 4 heteroatoms. The minimum absolute atomic E-state index is 0. The van der Waals surface area contributed by atoms with Crippen molar-refractivity contribution in [1.82, 2.24) is 0 Å². The van der Waals surface area contributed by atoms with Crippen molar-refractivity contribution in [2.24, 2.45) is 23.7 Å². The van der Waals surface area contributed by atoms with Gasteiger partial charge in [-0.2, -0.15) is 0 Å². The number of ketones is 2. The highest BCUT2D eigenvalue weighted by Gasteiger charge is 2.11. The van der Waals surface area contributed by atoms with Gasteiger partial charge in [0.15, 0.2) is 5.78 Å². The van der Waals surface area contributed by atoms with E-state index in [2.05, 4.69) is 71.0 Å². The number of rotatable bonds is 7. The summed E-state index contributed by atoms with van der Waals surface area (Å²) in [6.45, 7) is 24.3. The van der Waals surface area contributed by atoms with E-state index in [4.69, 9.17) is 0 Å². The van der Waals surface area contributed by atoms with Crippen LogP contribution >= 0.6 is 0 Å². The van der Waals surface area contributed by atoms with E-state index >= 15 is 0 Å². The van der Waals surface area contributed by atoms with Crippen LogP contribution in [0.15, 0.2) is 48.5 Å². The van der Waals surface area contributed by atoms with Crippen LogP contribution in [0.4, 0.5) is 0 Å². The maximum Gasteiger partial charge on any atom is 0.165 e. The molecule has 0 saturated carbocycles. The molecule has 0 fully saturated rings. The molecule has 0 amide bonds. The molecule has 0 unspecified atom stereocenters. The highest BCUT2D eigenvalue weighted by molar-refractivity contribution is 5.97. The van der Waals surface area contributed by atoms with Crippen LogP contribution in [-0.4, -0.2) is 28.4 Å². The Labute approximate surface area is 228 Å². The summed E-state index contributed by atoms with van der Waals surface area (Å²) in [7, 11) is 0. The lowest BCUT2D eigenvalue weighted by Gasteiger charge is -2.11. The van der Waals surface area contributed by atoms with Crippen molar-refractivity contribution in [2.45, 2.75) is 95.9 Å². The van der Waals surface area contributed by atoms with E-state index < -0.39 is 0 Å². The highest BCUT2D eigenvalue weighted by Crippen LogP contribution is 2.17. The zero-order valence-electron chi connectivity index (χ0n) is 25.3. The summed E-state index contributed by atoms with van der Waals surface area (Å²) in [6.07, 6.45) is 2.28. The van der Waals surface area contributed by atoms with Crippen molar-refractivity contribution in [3.8, 4) is 0 Å². The van der Waals surface area contributed by atoms with Crippen molar-refractivity contribution in [1.29, 1.82) is 0 Å². The van der Waals surface area contributed by atoms with Crippen LogP contribution in [-0.2, 0) is 17.6 Å².